The first-order chi connectivity index (χ1) is 12.2. The molecule has 1 unspecified atom stereocenters. The Bertz CT molecular complexity index is 842. The van der Waals surface area contributed by atoms with Crippen LogP contribution in [-0.2, 0) is 15.6 Å². The average molecular weight is 375 g/mol. The fraction of sp³-hybridized carbons (Fsp3) is 0.350. The SMILES string of the molecule is CC(C)c1ccc(C(N)CNC(=O)c2ccc(CS(C)(=O)=O)cc2)cc1. The van der Waals surface area contributed by atoms with Crippen molar-refractivity contribution in [3.05, 3.63) is 70.8 Å². The zero-order valence-electron chi connectivity index (χ0n) is 15.4. The number of nitrogens with two attached hydrogens (primary N) is 1. The van der Waals surface area contributed by atoms with Crippen LogP contribution in [0.15, 0.2) is 48.5 Å². The van der Waals surface area contributed by atoms with E-state index < -0.39 is 9.84 Å². The molecule has 6 heteroatoms. The summed E-state index contributed by atoms with van der Waals surface area (Å²) in [4.78, 5) is 12.2. The fourth-order valence-corrected chi connectivity index (χ4v) is 3.40. The molecule has 3 N–H and O–H groups in total. The van der Waals surface area contributed by atoms with Gasteiger partial charge in [0.1, 0.15) is 0 Å². The summed E-state index contributed by atoms with van der Waals surface area (Å²) >= 11 is 0. The molecule has 5 nitrogen and oxygen atoms in total. The van der Waals surface area contributed by atoms with E-state index in [2.05, 4.69) is 31.3 Å². The Labute approximate surface area is 155 Å². The molecule has 26 heavy (non-hydrogen) atoms. The van der Waals surface area contributed by atoms with Crippen LogP contribution in [0.4, 0.5) is 0 Å². The van der Waals surface area contributed by atoms with Crippen molar-refractivity contribution in [3.63, 3.8) is 0 Å². The smallest absolute Gasteiger partial charge is 0.251 e. The lowest BCUT2D eigenvalue weighted by Gasteiger charge is -2.15. The van der Waals surface area contributed by atoms with Gasteiger partial charge in [0.2, 0.25) is 0 Å². The highest BCUT2D eigenvalue weighted by Gasteiger charge is 2.11. The van der Waals surface area contributed by atoms with Crippen LogP contribution in [0.25, 0.3) is 0 Å². The predicted molar refractivity (Wildman–Crippen MR) is 105 cm³/mol. The molecule has 0 radical (unpaired) electrons. The zero-order chi connectivity index (χ0) is 19.3. The third-order valence-corrected chi connectivity index (χ3v) is 5.02. The second-order valence-electron chi connectivity index (χ2n) is 6.90. The molecule has 0 spiro atoms. The standard InChI is InChI=1S/C20H26N2O3S/c1-14(2)16-8-10-17(11-9-16)19(21)12-22-20(23)18-6-4-15(5-7-18)13-26(3,24)25/h4-11,14,19H,12-13,21H2,1-3H3,(H,22,23). The topological polar surface area (TPSA) is 89.3 Å². The van der Waals surface area contributed by atoms with Gasteiger partial charge in [-0.15, -0.1) is 0 Å². The van der Waals surface area contributed by atoms with E-state index in [1.807, 2.05) is 12.1 Å². The van der Waals surface area contributed by atoms with Crippen LogP contribution in [0.2, 0.25) is 0 Å². The molecule has 0 aliphatic carbocycles. The summed E-state index contributed by atoms with van der Waals surface area (Å²) in [7, 11) is -3.09. The highest BCUT2D eigenvalue weighted by atomic mass is 32.2. The maximum atomic E-state index is 12.2. The van der Waals surface area contributed by atoms with Gasteiger partial charge in [0.25, 0.3) is 5.91 Å². The average Bonchev–Trinajstić information content (AvgIpc) is 2.58. The molecule has 140 valence electrons. The van der Waals surface area contributed by atoms with E-state index in [1.54, 1.807) is 24.3 Å². The molecule has 0 aromatic heterocycles. The van der Waals surface area contributed by atoms with Gasteiger partial charge < -0.3 is 11.1 Å². The van der Waals surface area contributed by atoms with Crippen molar-refractivity contribution in [3.8, 4) is 0 Å². The molecule has 0 saturated heterocycles. The van der Waals surface area contributed by atoms with E-state index in [0.717, 1.165) is 5.56 Å². The molecule has 2 aromatic carbocycles. The highest BCUT2D eigenvalue weighted by Crippen LogP contribution is 2.17. The van der Waals surface area contributed by atoms with Gasteiger partial charge in [-0.2, -0.15) is 0 Å². The van der Waals surface area contributed by atoms with Crippen LogP contribution in [0.5, 0.6) is 0 Å². The minimum absolute atomic E-state index is 0.0356. The molecular formula is C20H26N2O3S. The quantitative estimate of drug-likeness (QED) is 0.780. The summed E-state index contributed by atoms with van der Waals surface area (Å²) in [5, 5.41) is 2.82. The van der Waals surface area contributed by atoms with Gasteiger partial charge in [-0.25, -0.2) is 8.42 Å². The number of carbonyl (C=O) groups excluding carboxylic acids is 1. The largest absolute Gasteiger partial charge is 0.350 e. The summed E-state index contributed by atoms with van der Waals surface area (Å²) in [6, 6.07) is 14.4. The first-order valence-corrected chi connectivity index (χ1v) is 10.6. The monoisotopic (exact) mass is 374 g/mol. The molecule has 1 atom stereocenters. The molecule has 0 bridgehead atoms. The van der Waals surface area contributed by atoms with Gasteiger partial charge >= 0.3 is 0 Å². The Morgan fingerprint density at radius 3 is 2.04 bits per heavy atom. The summed E-state index contributed by atoms with van der Waals surface area (Å²) in [5.41, 5.74) is 9.51. The van der Waals surface area contributed by atoms with Crippen molar-refractivity contribution in [2.45, 2.75) is 31.6 Å². The number of rotatable bonds is 7. The van der Waals surface area contributed by atoms with Crippen molar-refractivity contribution < 1.29 is 13.2 Å². The first-order valence-electron chi connectivity index (χ1n) is 8.56. The lowest BCUT2D eigenvalue weighted by molar-refractivity contribution is 0.0951. The van der Waals surface area contributed by atoms with Crippen molar-refractivity contribution >= 4 is 15.7 Å². The van der Waals surface area contributed by atoms with Gasteiger partial charge in [0.15, 0.2) is 9.84 Å². The Hall–Kier alpha value is -2.18. The molecule has 0 aliphatic heterocycles. The number of sulfone groups is 1. The Morgan fingerprint density at radius 2 is 1.54 bits per heavy atom. The molecule has 0 fully saturated rings. The van der Waals surface area contributed by atoms with Gasteiger partial charge in [-0.05, 0) is 34.7 Å². The molecular weight excluding hydrogens is 348 g/mol. The van der Waals surface area contributed by atoms with E-state index in [-0.39, 0.29) is 17.7 Å². The summed E-state index contributed by atoms with van der Waals surface area (Å²) < 4.78 is 22.6. The number of benzene rings is 2. The maximum Gasteiger partial charge on any atom is 0.251 e. The molecule has 0 aliphatic rings. The number of amides is 1. The first kappa shape index (κ1) is 20.1. The second-order valence-corrected chi connectivity index (χ2v) is 9.05. The van der Waals surface area contributed by atoms with Gasteiger partial charge in [-0.3, -0.25) is 4.79 Å². The lowest BCUT2D eigenvalue weighted by Crippen LogP contribution is -2.31. The fourth-order valence-electron chi connectivity index (χ4n) is 2.61. The summed E-state index contributed by atoms with van der Waals surface area (Å²) in [6.07, 6.45) is 1.18. The summed E-state index contributed by atoms with van der Waals surface area (Å²) in [5.74, 6) is 0.197. The normalized spacial score (nSPS) is 12.8. The number of nitrogens with one attached hydrogen (secondary N) is 1. The number of hydrogen-bond acceptors (Lipinski definition) is 4. The predicted octanol–water partition coefficient (Wildman–Crippen LogP) is 2.78. The highest BCUT2D eigenvalue weighted by molar-refractivity contribution is 7.89. The Morgan fingerprint density at radius 1 is 1.00 bits per heavy atom. The minimum Gasteiger partial charge on any atom is -0.350 e. The second kappa shape index (κ2) is 8.47. The van der Waals surface area contributed by atoms with Crippen molar-refractivity contribution in [2.24, 2.45) is 5.73 Å². The van der Waals surface area contributed by atoms with Crippen LogP contribution in [-0.4, -0.2) is 27.1 Å². The van der Waals surface area contributed by atoms with Crippen molar-refractivity contribution in [1.29, 1.82) is 0 Å². The zero-order valence-corrected chi connectivity index (χ0v) is 16.2. The van der Waals surface area contributed by atoms with Crippen molar-refractivity contribution in [2.75, 3.05) is 12.8 Å². The van der Waals surface area contributed by atoms with Crippen LogP contribution in [0, 0.1) is 0 Å². The third-order valence-electron chi connectivity index (χ3n) is 4.16. The van der Waals surface area contributed by atoms with E-state index >= 15 is 0 Å². The van der Waals surface area contributed by atoms with Crippen LogP contribution in [0.1, 0.15) is 52.9 Å². The third kappa shape index (κ3) is 5.97. The minimum atomic E-state index is -3.09. The van der Waals surface area contributed by atoms with Gasteiger partial charge in [0, 0.05) is 24.4 Å². The van der Waals surface area contributed by atoms with E-state index in [9.17, 15) is 13.2 Å². The van der Waals surface area contributed by atoms with E-state index in [4.69, 9.17) is 5.73 Å². The molecule has 0 heterocycles. The lowest BCUT2D eigenvalue weighted by atomic mass is 9.99. The molecule has 2 aromatic rings. The van der Waals surface area contributed by atoms with Crippen molar-refractivity contribution in [1.82, 2.24) is 5.32 Å². The van der Waals surface area contributed by atoms with E-state index in [1.165, 1.54) is 11.8 Å². The Kier molecular flexibility index (Phi) is 6.56. The number of hydrogen-bond donors (Lipinski definition) is 2. The van der Waals surface area contributed by atoms with Crippen LogP contribution < -0.4 is 11.1 Å². The van der Waals surface area contributed by atoms with Gasteiger partial charge in [-0.1, -0.05) is 50.2 Å². The number of carbonyl (C=O) groups is 1. The molecule has 1 amide bonds. The molecule has 0 saturated carbocycles. The van der Waals surface area contributed by atoms with Crippen LogP contribution in [0.3, 0.4) is 0 Å². The van der Waals surface area contributed by atoms with Crippen LogP contribution >= 0.6 is 0 Å². The maximum absolute atomic E-state index is 12.2. The van der Waals surface area contributed by atoms with E-state index in [0.29, 0.717) is 23.6 Å². The van der Waals surface area contributed by atoms with Gasteiger partial charge in [0.05, 0.1) is 5.75 Å². The Balaban J connectivity index is 1.93. The summed E-state index contributed by atoms with van der Waals surface area (Å²) in [6.45, 7) is 4.59. The molecule has 2 rings (SSSR count).